The summed E-state index contributed by atoms with van der Waals surface area (Å²) in [5.41, 5.74) is 5.19. The van der Waals surface area contributed by atoms with Crippen LogP contribution in [0.25, 0.3) is 0 Å². The number of alkyl halides is 2. The summed E-state index contributed by atoms with van der Waals surface area (Å²) in [6, 6.07) is 9.48. The maximum absolute atomic E-state index is 13.4. The molecule has 190 valence electrons. The molecule has 2 aromatic heterocycles. The van der Waals surface area contributed by atoms with Crippen LogP contribution in [0.15, 0.2) is 36.7 Å². The molecule has 0 bridgehead atoms. The van der Waals surface area contributed by atoms with Gasteiger partial charge in [-0.05, 0) is 81.3 Å². The number of hydrogen-bond acceptors (Lipinski definition) is 5. The fourth-order valence-electron chi connectivity index (χ4n) is 6.09. The minimum Gasteiger partial charge on any atom is -0.314 e. The van der Waals surface area contributed by atoms with Crippen LogP contribution in [0.3, 0.4) is 0 Å². The zero-order valence-electron chi connectivity index (χ0n) is 20.7. The molecule has 3 aliphatic rings. The summed E-state index contributed by atoms with van der Waals surface area (Å²) in [4.78, 5) is 12.1. The lowest BCUT2D eigenvalue weighted by atomic mass is 9.90. The zero-order valence-corrected chi connectivity index (χ0v) is 20.7. The fraction of sp³-hybridized carbons (Fsp3) is 0.643. The average Bonchev–Trinajstić information content (AvgIpc) is 2.88. The first kappa shape index (κ1) is 24.7. The Kier molecular flexibility index (Phi) is 8.05. The lowest BCUT2D eigenvalue weighted by Crippen LogP contribution is -2.47. The summed E-state index contributed by atoms with van der Waals surface area (Å²) in [6.45, 7) is 3.80. The van der Waals surface area contributed by atoms with Gasteiger partial charge in [0.05, 0.1) is 11.7 Å². The molecule has 2 aliphatic carbocycles. The van der Waals surface area contributed by atoms with Crippen molar-refractivity contribution in [3.63, 3.8) is 0 Å². The number of hydrogen-bond donors (Lipinski definition) is 2. The van der Waals surface area contributed by atoms with Gasteiger partial charge in [0.2, 0.25) is 5.92 Å². The molecule has 7 heteroatoms. The molecule has 0 amide bonds. The maximum atomic E-state index is 13.4. The number of nitrogens with one attached hydrogen (secondary N) is 2. The Bertz CT molecular complexity index is 958. The molecular weight excluding hydrogens is 444 g/mol. The molecule has 2 aromatic rings. The van der Waals surface area contributed by atoms with E-state index in [9.17, 15) is 8.78 Å². The van der Waals surface area contributed by atoms with Gasteiger partial charge in [-0.15, -0.1) is 0 Å². The standard InChI is InChI=1S/C28H39F2N5/c29-28(30)12-10-23(11-13-28)31-14-1-2-17-35(26-9-3-6-21-7-4-16-33-27(21)26)20-24-18-25-22(19-34-24)8-5-15-32-25/h4-5,7-8,15-16,23-24,26,31,34H,1-3,6,9-14,17-20H2/t24-,26+/m1/s1. The van der Waals surface area contributed by atoms with Crippen molar-refractivity contribution < 1.29 is 8.78 Å². The molecule has 0 aromatic carbocycles. The van der Waals surface area contributed by atoms with Gasteiger partial charge in [-0.3, -0.25) is 14.9 Å². The molecule has 5 rings (SSSR count). The highest BCUT2D eigenvalue weighted by molar-refractivity contribution is 5.26. The third-order valence-electron chi connectivity index (χ3n) is 8.09. The molecule has 0 unspecified atom stereocenters. The second-order valence-corrected chi connectivity index (χ2v) is 10.6. The number of aryl methyl sites for hydroxylation is 1. The largest absolute Gasteiger partial charge is 0.314 e. The zero-order chi connectivity index (χ0) is 24.1. The Hall–Kier alpha value is -1.96. The van der Waals surface area contributed by atoms with E-state index in [2.05, 4.69) is 38.7 Å². The predicted octanol–water partition coefficient (Wildman–Crippen LogP) is 4.82. The van der Waals surface area contributed by atoms with E-state index >= 15 is 0 Å². The summed E-state index contributed by atoms with van der Waals surface area (Å²) in [6.07, 6.45) is 11.7. The second-order valence-electron chi connectivity index (χ2n) is 10.6. The first-order chi connectivity index (χ1) is 17.1. The topological polar surface area (TPSA) is 53.1 Å². The van der Waals surface area contributed by atoms with E-state index in [1.807, 2.05) is 18.5 Å². The molecule has 0 saturated heterocycles. The molecule has 0 radical (unpaired) electrons. The Labute approximate surface area is 208 Å². The molecule has 1 aliphatic heterocycles. The average molecular weight is 484 g/mol. The van der Waals surface area contributed by atoms with Crippen molar-refractivity contribution in [2.45, 2.75) is 94.8 Å². The van der Waals surface area contributed by atoms with Crippen LogP contribution in [0, 0.1) is 0 Å². The molecular formula is C28H39F2N5. The number of pyridine rings is 2. The van der Waals surface area contributed by atoms with Crippen molar-refractivity contribution in [3.05, 3.63) is 59.2 Å². The summed E-state index contributed by atoms with van der Waals surface area (Å²) < 4.78 is 26.8. The number of nitrogens with zero attached hydrogens (tertiary/aromatic N) is 3. The SMILES string of the molecule is FC1(F)CCC(NCCCCN(C[C@H]2Cc3ncccc3CN2)[C@H]2CCCc3cccnc32)CC1. The van der Waals surface area contributed by atoms with Gasteiger partial charge in [-0.1, -0.05) is 12.1 Å². The number of halogens is 2. The monoisotopic (exact) mass is 483 g/mol. The molecule has 3 heterocycles. The third-order valence-corrected chi connectivity index (χ3v) is 8.09. The normalized spacial score (nSPS) is 24.2. The highest BCUT2D eigenvalue weighted by atomic mass is 19.3. The van der Waals surface area contributed by atoms with Crippen LogP contribution >= 0.6 is 0 Å². The van der Waals surface area contributed by atoms with Crippen LogP contribution < -0.4 is 10.6 Å². The van der Waals surface area contributed by atoms with Crippen molar-refractivity contribution in [1.82, 2.24) is 25.5 Å². The first-order valence-electron chi connectivity index (χ1n) is 13.5. The van der Waals surface area contributed by atoms with Gasteiger partial charge in [-0.2, -0.15) is 0 Å². The molecule has 5 nitrogen and oxygen atoms in total. The first-order valence-corrected chi connectivity index (χ1v) is 13.5. The van der Waals surface area contributed by atoms with Crippen LogP contribution in [0.2, 0.25) is 0 Å². The van der Waals surface area contributed by atoms with E-state index in [0.717, 1.165) is 58.3 Å². The van der Waals surface area contributed by atoms with E-state index in [4.69, 9.17) is 4.98 Å². The smallest absolute Gasteiger partial charge is 0.248 e. The number of unbranched alkanes of at least 4 members (excludes halogenated alkanes) is 1. The molecule has 35 heavy (non-hydrogen) atoms. The van der Waals surface area contributed by atoms with Crippen molar-refractivity contribution in [2.75, 3.05) is 19.6 Å². The van der Waals surface area contributed by atoms with Gasteiger partial charge < -0.3 is 10.6 Å². The van der Waals surface area contributed by atoms with Gasteiger partial charge >= 0.3 is 0 Å². The summed E-state index contributed by atoms with van der Waals surface area (Å²) in [5, 5.41) is 7.28. The van der Waals surface area contributed by atoms with E-state index in [1.54, 1.807) is 0 Å². The second kappa shape index (κ2) is 11.4. The van der Waals surface area contributed by atoms with Crippen molar-refractivity contribution >= 4 is 0 Å². The third kappa shape index (κ3) is 6.43. The lowest BCUT2D eigenvalue weighted by molar-refractivity contribution is -0.0403. The minimum absolute atomic E-state index is 0.0267. The number of rotatable bonds is 9. The molecule has 2 atom stereocenters. The number of fused-ring (bicyclic) bond motifs is 2. The Morgan fingerprint density at radius 3 is 2.69 bits per heavy atom. The van der Waals surface area contributed by atoms with E-state index in [1.165, 1.54) is 28.9 Å². The van der Waals surface area contributed by atoms with Gasteiger partial charge in [0.25, 0.3) is 0 Å². The van der Waals surface area contributed by atoms with Gasteiger partial charge in [0, 0.05) is 62.5 Å². The van der Waals surface area contributed by atoms with Gasteiger partial charge in [0.1, 0.15) is 0 Å². The summed E-state index contributed by atoms with van der Waals surface area (Å²) in [7, 11) is 0. The van der Waals surface area contributed by atoms with Crippen LogP contribution in [0.1, 0.15) is 79.9 Å². The maximum Gasteiger partial charge on any atom is 0.248 e. The highest BCUT2D eigenvalue weighted by Crippen LogP contribution is 2.34. The van der Waals surface area contributed by atoms with Crippen LogP contribution in [-0.4, -0.2) is 52.5 Å². The summed E-state index contributed by atoms with van der Waals surface area (Å²) >= 11 is 0. The Balaban J connectivity index is 1.18. The van der Waals surface area contributed by atoms with Crippen molar-refractivity contribution in [2.24, 2.45) is 0 Å². The van der Waals surface area contributed by atoms with Gasteiger partial charge in [-0.25, -0.2) is 8.78 Å². The van der Waals surface area contributed by atoms with Crippen molar-refractivity contribution in [1.29, 1.82) is 0 Å². The van der Waals surface area contributed by atoms with Crippen molar-refractivity contribution in [3.8, 4) is 0 Å². The molecule has 1 saturated carbocycles. The lowest BCUT2D eigenvalue weighted by Gasteiger charge is -2.38. The van der Waals surface area contributed by atoms with Crippen LogP contribution in [0.4, 0.5) is 8.78 Å². The molecule has 0 spiro atoms. The van der Waals surface area contributed by atoms with E-state index < -0.39 is 5.92 Å². The number of aromatic nitrogens is 2. The Morgan fingerprint density at radius 2 is 1.83 bits per heavy atom. The molecule has 2 N–H and O–H groups in total. The summed E-state index contributed by atoms with van der Waals surface area (Å²) in [5.74, 6) is -2.45. The Morgan fingerprint density at radius 1 is 1.03 bits per heavy atom. The predicted molar refractivity (Wildman–Crippen MR) is 134 cm³/mol. The molecule has 1 fully saturated rings. The van der Waals surface area contributed by atoms with Crippen LogP contribution in [-0.2, 0) is 19.4 Å². The van der Waals surface area contributed by atoms with Crippen LogP contribution in [0.5, 0.6) is 0 Å². The highest BCUT2D eigenvalue weighted by Gasteiger charge is 2.34. The fourth-order valence-corrected chi connectivity index (χ4v) is 6.09. The minimum atomic E-state index is -2.45. The van der Waals surface area contributed by atoms with E-state index in [0.29, 0.717) is 24.9 Å². The van der Waals surface area contributed by atoms with Gasteiger partial charge in [0.15, 0.2) is 0 Å². The quantitative estimate of drug-likeness (QED) is 0.501. The van der Waals surface area contributed by atoms with E-state index in [-0.39, 0.29) is 18.9 Å².